The normalized spacial score (nSPS) is 28.1. The predicted octanol–water partition coefficient (Wildman–Crippen LogP) is 2.95. The fourth-order valence-corrected chi connectivity index (χ4v) is 4.13. The molecule has 5 atom stereocenters. The number of H-pyrrole nitrogens is 1. The Morgan fingerprint density at radius 3 is 2.52 bits per heavy atom. The van der Waals surface area contributed by atoms with Gasteiger partial charge in [0.15, 0.2) is 6.29 Å². The van der Waals surface area contributed by atoms with Gasteiger partial charge in [0.05, 0.1) is 24.0 Å². The molecule has 2 aromatic rings. The highest BCUT2D eigenvalue weighted by Crippen LogP contribution is 2.32. The zero-order valence-electron chi connectivity index (χ0n) is 17.3. The molecule has 4 rings (SSSR count). The number of ether oxygens (including phenoxy) is 4. The molecule has 0 spiro atoms. The third-order valence-corrected chi connectivity index (χ3v) is 5.45. The summed E-state index contributed by atoms with van der Waals surface area (Å²) in [5, 5.41) is 14.1. The molecule has 1 unspecified atom stereocenters. The minimum atomic E-state index is -0.257. The summed E-state index contributed by atoms with van der Waals surface area (Å²) >= 11 is 0. The van der Waals surface area contributed by atoms with E-state index in [9.17, 15) is 0 Å². The lowest BCUT2D eigenvalue weighted by Gasteiger charge is -2.39. The van der Waals surface area contributed by atoms with E-state index in [1.165, 1.54) is 11.1 Å². The van der Waals surface area contributed by atoms with Gasteiger partial charge in [0.1, 0.15) is 6.10 Å². The first-order valence-electron chi connectivity index (χ1n) is 9.60. The molecule has 0 bridgehead atoms. The van der Waals surface area contributed by atoms with Gasteiger partial charge in [-0.2, -0.15) is 5.10 Å². The van der Waals surface area contributed by atoms with Crippen LogP contribution in [0.5, 0.6) is 0 Å². The smallest absolute Gasteiger partial charge is 0.161 e. The molecule has 0 amide bonds. The Balaban J connectivity index is 0.000000970. The van der Waals surface area contributed by atoms with Gasteiger partial charge in [-0.05, 0) is 48.6 Å². The fourth-order valence-electron chi connectivity index (χ4n) is 4.13. The van der Waals surface area contributed by atoms with Crippen LogP contribution in [0.3, 0.4) is 0 Å². The quantitative estimate of drug-likeness (QED) is 0.593. The summed E-state index contributed by atoms with van der Waals surface area (Å²) in [5.41, 5.74) is 4.88. The predicted molar refractivity (Wildman–Crippen MR) is 120 cm³/mol. The molecular weight excluding hydrogens is 487 g/mol. The molecule has 1 aromatic carbocycles. The van der Waals surface area contributed by atoms with Crippen molar-refractivity contribution in [3.05, 3.63) is 41.6 Å². The van der Waals surface area contributed by atoms with Crippen LogP contribution in [0, 0.1) is 0 Å². The number of nitrogens with one attached hydrogen (secondary N) is 1. The molecule has 1 aliphatic carbocycles. The Bertz CT molecular complexity index is 743. The van der Waals surface area contributed by atoms with Gasteiger partial charge in [-0.25, -0.2) is 0 Å². The maximum atomic E-state index is 7.00. The maximum absolute atomic E-state index is 7.00. The van der Waals surface area contributed by atoms with Gasteiger partial charge in [0, 0.05) is 33.9 Å². The average Bonchev–Trinajstić information content (AvgIpc) is 3.38. The lowest BCUT2D eigenvalue weighted by Crippen LogP contribution is -2.50. The van der Waals surface area contributed by atoms with E-state index in [1.54, 1.807) is 20.4 Å². The minimum absolute atomic E-state index is 0. The van der Waals surface area contributed by atoms with Crippen molar-refractivity contribution >= 4 is 24.0 Å². The topological polar surface area (TPSA) is 85.8 Å². The first kappa shape index (κ1) is 24.2. The van der Waals surface area contributed by atoms with Crippen molar-refractivity contribution < 1.29 is 24.1 Å². The van der Waals surface area contributed by atoms with E-state index in [-0.39, 0.29) is 54.7 Å². The van der Waals surface area contributed by atoms with Crippen molar-refractivity contribution in [2.45, 2.75) is 56.9 Å². The van der Waals surface area contributed by atoms with Crippen LogP contribution in [0.1, 0.15) is 24.5 Å². The fraction of sp³-hybridized carbons (Fsp3) is 0.571. The molecule has 0 saturated carbocycles. The van der Waals surface area contributed by atoms with Crippen LogP contribution in [0.15, 0.2) is 30.5 Å². The number of aliphatic hydroxyl groups excluding tert-OH is 1. The maximum Gasteiger partial charge on any atom is 0.161 e. The number of aromatic nitrogens is 2. The van der Waals surface area contributed by atoms with E-state index in [1.807, 2.05) is 13.0 Å². The van der Waals surface area contributed by atoms with Crippen molar-refractivity contribution in [3.8, 4) is 11.3 Å². The Hall–Kier alpha value is -1.04. The number of nitrogens with zero attached hydrogens (tertiary/aromatic N) is 1. The summed E-state index contributed by atoms with van der Waals surface area (Å²) in [6, 6.07) is 8.55. The summed E-state index contributed by atoms with van der Waals surface area (Å²) in [4.78, 5) is 0. The summed E-state index contributed by atoms with van der Waals surface area (Å²) in [6.45, 7) is 2.01. The highest BCUT2D eigenvalue weighted by molar-refractivity contribution is 14.0. The van der Waals surface area contributed by atoms with Gasteiger partial charge < -0.3 is 24.1 Å². The minimum Gasteiger partial charge on any atom is -0.400 e. The molecule has 29 heavy (non-hydrogen) atoms. The molecule has 1 aromatic heterocycles. The van der Waals surface area contributed by atoms with E-state index in [0.717, 1.165) is 31.2 Å². The monoisotopic (exact) mass is 518 g/mol. The van der Waals surface area contributed by atoms with Crippen LogP contribution >= 0.6 is 24.0 Å². The summed E-state index contributed by atoms with van der Waals surface area (Å²) in [7, 11) is 4.41. The zero-order valence-corrected chi connectivity index (χ0v) is 19.7. The standard InChI is InChI=1S/C20H26N2O4.CH4O.HI/c1-12-20(24-3)18(23-2)11-19(25-12)26-16-9-13-4-5-14(8-15(13)10-16)17-6-7-21-22-17;1-2;/h4-8,12,16,18-20H,9-11H2,1-3H3,(H,21,22);2H,1H3;1H/t12-,16?,18-,19-,20-;;/m0../s1. The number of rotatable bonds is 5. The molecule has 8 heteroatoms. The van der Waals surface area contributed by atoms with Crippen LogP contribution in [0.4, 0.5) is 0 Å². The Labute approximate surface area is 189 Å². The van der Waals surface area contributed by atoms with E-state index < -0.39 is 0 Å². The van der Waals surface area contributed by atoms with Crippen LogP contribution in [-0.4, -0.2) is 67.3 Å². The highest BCUT2D eigenvalue weighted by atomic mass is 127. The third-order valence-electron chi connectivity index (χ3n) is 5.45. The first-order chi connectivity index (χ1) is 13.7. The van der Waals surface area contributed by atoms with E-state index in [0.29, 0.717) is 6.42 Å². The van der Waals surface area contributed by atoms with Crippen molar-refractivity contribution in [2.24, 2.45) is 0 Å². The highest BCUT2D eigenvalue weighted by Gasteiger charge is 2.39. The van der Waals surface area contributed by atoms with E-state index >= 15 is 0 Å². The van der Waals surface area contributed by atoms with Crippen molar-refractivity contribution in [2.75, 3.05) is 21.3 Å². The SMILES string of the molecule is CO.CO[C@H]1[C@H](C)O[C@@H](OC2Cc3ccc(-c4ccn[nH]4)cc3C2)C[C@@H]1OC.I. The van der Waals surface area contributed by atoms with Crippen LogP contribution < -0.4 is 0 Å². The number of aliphatic hydroxyl groups is 1. The number of hydrogen-bond acceptors (Lipinski definition) is 6. The number of methoxy groups -OCH3 is 2. The van der Waals surface area contributed by atoms with Crippen molar-refractivity contribution in [1.29, 1.82) is 0 Å². The Morgan fingerprint density at radius 2 is 1.86 bits per heavy atom. The Morgan fingerprint density at radius 1 is 1.10 bits per heavy atom. The molecule has 1 saturated heterocycles. The molecule has 162 valence electrons. The lowest BCUT2D eigenvalue weighted by atomic mass is 10.0. The number of hydrogen-bond donors (Lipinski definition) is 2. The van der Waals surface area contributed by atoms with Gasteiger partial charge in [-0.15, -0.1) is 24.0 Å². The summed E-state index contributed by atoms with van der Waals surface area (Å²) in [6.07, 6.45) is 4.03. The lowest BCUT2D eigenvalue weighted by molar-refractivity contribution is -0.265. The van der Waals surface area contributed by atoms with Gasteiger partial charge >= 0.3 is 0 Å². The number of benzene rings is 1. The second-order valence-corrected chi connectivity index (χ2v) is 7.10. The van der Waals surface area contributed by atoms with Crippen LogP contribution in [-0.2, 0) is 31.8 Å². The van der Waals surface area contributed by atoms with Gasteiger partial charge in [-0.1, -0.05) is 12.1 Å². The molecule has 0 radical (unpaired) electrons. The van der Waals surface area contributed by atoms with E-state index in [2.05, 4.69) is 28.4 Å². The Kier molecular flexibility index (Phi) is 9.51. The van der Waals surface area contributed by atoms with Crippen molar-refractivity contribution in [3.63, 3.8) is 0 Å². The number of halogens is 1. The largest absolute Gasteiger partial charge is 0.400 e. The van der Waals surface area contributed by atoms with Gasteiger partial charge in [0.2, 0.25) is 0 Å². The van der Waals surface area contributed by atoms with Crippen LogP contribution in [0.25, 0.3) is 11.3 Å². The molecule has 2 heterocycles. The van der Waals surface area contributed by atoms with Crippen LogP contribution in [0.2, 0.25) is 0 Å². The number of aromatic amines is 1. The first-order valence-corrected chi connectivity index (χ1v) is 9.60. The zero-order chi connectivity index (χ0) is 20.1. The molecule has 1 fully saturated rings. The van der Waals surface area contributed by atoms with Crippen molar-refractivity contribution in [1.82, 2.24) is 10.2 Å². The second-order valence-electron chi connectivity index (χ2n) is 7.10. The second kappa shape index (κ2) is 11.4. The molecule has 2 aliphatic rings. The molecule has 7 nitrogen and oxygen atoms in total. The molecular formula is C21H31IN2O5. The van der Waals surface area contributed by atoms with Gasteiger partial charge in [0.25, 0.3) is 0 Å². The summed E-state index contributed by atoms with van der Waals surface area (Å²) in [5.74, 6) is 0. The average molecular weight is 518 g/mol. The third kappa shape index (κ3) is 5.56. The molecule has 2 N–H and O–H groups in total. The van der Waals surface area contributed by atoms with E-state index in [4.69, 9.17) is 24.1 Å². The summed E-state index contributed by atoms with van der Waals surface area (Å²) < 4.78 is 23.4. The van der Waals surface area contributed by atoms with Gasteiger partial charge in [-0.3, -0.25) is 5.10 Å². The molecule has 1 aliphatic heterocycles. The number of fused-ring (bicyclic) bond motifs is 1.